The normalized spacial score (nSPS) is 11.7. The summed E-state index contributed by atoms with van der Waals surface area (Å²) in [5, 5.41) is 4.26. The average molecular weight is 372 g/mol. The van der Waals surface area contributed by atoms with Crippen LogP contribution in [-0.2, 0) is 4.79 Å². The molecule has 2 aromatic carbocycles. The molecule has 4 aromatic rings. The number of nitrogens with zero attached hydrogens (tertiary/aromatic N) is 3. The van der Waals surface area contributed by atoms with Gasteiger partial charge in [0.2, 0.25) is 11.8 Å². The second-order valence-electron chi connectivity index (χ2n) is 5.61. The van der Waals surface area contributed by atoms with Gasteiger partial charge in [-0.15, -0.1) is 0 Å². The number of imidazole rings is 1. The number of benzene rings is 2. The number of hydrogen-bond acceptors (Lipinski definition) is 4. The van der Waals surface area contributed by atoms with Gasteiger partial charge in [0, 0.05) is 11.6 Å². The van der Waals surface area contributed by atoms with Crippen molar-refractivity contribution < 1.29 is 22.7 Å². The van der Waals surface area contributed by atoms with Crippen LogP contribution in [0.1, 0.15) is 0 Å². The molecule has 0 atom stereocenters. The molecule has 9 heteroatoms. The number of aromatic amines is 1. The average Bonchev–Trinajstić information content (AvgIpc) is 3.25. The zero-order chi connectivity index (χ0) is 19.0. The Labute approximate surface area is 150 Å². The van der Waals surface area contributed by atoms with Gasteiger partial charge in [0.15, 0.2) is 0 Å². The van der Waals surface area contributed by atoms with Crippen LogP contribution in [0, 0.1) is 0 Å². The van der Waals surface area contributed by atoms with E-state index in [0.717, 1.165) is 4.68 Å². The minimum absolute atomic E-state index is 0.128. The number of hydrogen-bond donors (Lipinski definition) is 1. The van der Waals surface area contributed by atoms with Crippen LogP contribution in [0.3, 0.4) is 0 Å². The van der Waals surface area contributed by atoms with Gasteiger partial charge in [-0.3, -0.25) is 0 Å². The summed E-state index contributed by atoms with van der Waals surface area (Å²) in [4.78, 5) is 18.6. The van der Waals surface area contributed by atoms with Gasteiger partial charge in [-0.05, 0) is 12.1 Å². The number of nitrogens with one attached hydrogen (secondary N) is 1. The second-order valence-corrected chi connectivity index (χ2v) is 5.61. The van der Waals surface area contributed by atoms with Gasteiger partial charge in [-0.2, -0.15) is 23.0 Å². The van der Waals surface area contributed by atoms with E-state index in [1.807, 2.05) is 0 Å². The van der Waals surface area contributed by atoms with Crippen molar-refractivity contribution >= 4 is 17.0 Å². The van der Waals surface area contributed by atoms with Crippen LogP contribution in [0.2, 0.25) is 0 Å². The number of alkyl halides is 3. The van der Waals surface area contributed by atoms with Crippen molar-refractivity contribution in [3.63, 3.8) is 0 Å². The van der Waals surface area contributed by atoms with Crippen LogP contribution >= 0.6 is 0 Å². The number of carbonyl (C=O) groups excluding carboxylic acids is 1. The lowest BCUT2D eigenvalue weighted by Gasteiger charge is -2.07. The third-order valence-electron chi connectivity index (χ3n) is 3.75. The standard InChI is InChI=1S/C18H11F3N4O2/c19-18(20,21)16(26)27-15-10-14(11-6-2-1-3-7-11)24-25(15)17-22-12-8-4-5-9-13(12)23-17/h1-10H,(H,22,23). The van der Waals surface area contributed by atoms with Crippen molar-refractivity contribution in [3.05, 3.63) is 60.7 Å². The molecule has 0 aliphatic rings. The summed E-state index contributed by atoms with van der Waals surface area (Å²) in [5.41, 5.74) is 2.24. The fourth-order valence-corrected chi connectivity index (χ4v) is 2.53. The molecular formula is C18H11F3N4O2. The molecule has 0 aliphatic carbocycles. The summed E-state index contributed by atoms with van der Waals surface area (Å²) < 4.78 is 43.5. The molecule has 0 amide bonds. The van der Waals surface area contributed by atoms with Gasteiger partial charge in [-0.25, -0.2) is 9.78 Å². The van der Waals surface area contributed by atoms with E-state index in [9.17, 15) is 18.0 Å². The Morgan fingerprint density at radius 3 is 2.44 bits per heavy atom. The third kappa shape index (κ3) is 3.26. The minimum atomic E-state index is -5.13. The zero-order valence-electron chi connectivity index (χ0n) is 13.6. The molecular weight excluding hydrogens is 361 g/mol. The van der Waals surface area contributed by atoms with Crippen LogP contribution in [-0.4, -0.2) is 31.9 Å². The van der Waals surface area contributed by atoms with Gasteiger partial charge < -0.3 is 9.72 Å². The van der Waals surface area contributed by atoms with Gasteiger partial charge in [0.25, 0.3) is 0 Å². The first-order chi connectivity index (χ1) is 12.9. The summed E-state index contributed by atoms with van der Waals surface area (Å²) in [6, 6.07) is 17.1. The molecule has 0 spiro atoms. The first-order valence-corrected chi connectivity index (χ1v) is 7.81. The van der Waals surface area contributed by atoms with E-state index in [1.165, 1.54) is 6.07 Å². The number of aromatic nitrogens is 4. The summed E-state index contributed by atoms with van der Waals surface area (Å²) in [5.74, 6) is -2.60. The Balaban J connectivity index is 1.82. The molecule has 0 saturated carbocycles. The predicted molar refractivity (Wildman–Crippen MR) is 90.3 cm³/mol. The van der Waals surface area contributed by atoms with Crippen molar-refractivity contribution in [1.82, 2.24) is 19.7 Å². The highest BCUT2D eigenvalue weighted by molar-refractivity contribution is 5.79. The lowest BCUT2D eigenvalue weighted by atomic mass is 10.2. The molecule has 6 nitrogen and oxygen atoms in total. The summed E-state index contributed by atoms with van der Waals surface area (Å²) in [6.45, 7) is 0. The molecule has 2 aromatic heterocycles. The van der Waals surface area contributed by atoms with Crippen LogP contribution in [0.5, 0.6) is 5.88 Å². The molecule has 0 radical (unpaired) electrons. The fraction of sp³-hybridized carbons (Fsp3) is 0.0556. The highest BCUT2D eigenvalue weighted by atomic mass is 19.4. The van der Waals surface area contributed by atoms with E-state index in [-0.39, 0.29) is 5.95 Å². The molecule has 2 heterocycles. The summed E-state index contributed by atoms with van der Waals surface area (Å²) >= 11 is 0. The molecule has 0 bridgehead atoms. The number of fused-ring (bicyclic) bond motifs is 1. The van der Waals surface area contributed by atoms with E-state index in [2.05, 4.69) is 19.8 Å². The Hall–Kier alpha value is -3.62. The van der Waals surface area contributed by atoms with Crippen molar-refractivity contribution in [3.8, 4) is 23.1 Å². The van der Waals surface area contributed by atoms with Gasteiger partial charge in [-0.1, -0.05) is 42.5 Å². The minimum Gasteiger partial charge on any atom is -0.401 e. The number of rotatable bonds is 3. The van der Waals surface area contributed by atoms with Crippen LogP contribution in [0.4, 0.5) is 13.2 Å². The summed E-state index contributed by atoms with van der Waals surface area (Å²) in [6.07, 6.45) is -5.13. The van der Waals surface area contributed by atoms with E-state index < -0.39 is 18.0 Å². The molecule has 136 valence electrons. The van der Waals surface area contributed by atoms with Crippen LogP contribution in [0.25, 0.3) is 28.2 Å². The monoisotopic (exact) mass is 372 g/mol. The third-order valence-corrected chi connectivity index (χ3v) is 3.75. The van der Waals surface area contributed by atoms with Gasteiger partial charge >= 0.3 is 12.1 Å². The Kier molecular flexibility index (Phi) is 3.91. The van der Waals surface area contributed by atoms with Crippen molar-refractivity contribution in [1.29, 1.82) is 0 Å². The quantitative estimate of drug-likeness (QED) is 0.554. The lowest BCUT2D eigenvalue weighted by molar-refractivity contribution is -0.190. The topological polar surface area (TPSA) is 72.8 Å². The van der Waals surface area contributed by atoms with Crippen molar-refractivity contribution in [2.45, 2.75) is 6.18 Å². The maximum atomic E-state index is 12.6. The van der Waals surface area contributed by atoms with Crippen LogP contribution < -0.4 is 4.74 Å². The molecule has 0 fully saturated rings. The van der Waals surface area contributed by atoms with E-state index in [0.29, 0.717) is 22.3 Å². The largest absolute Gasteiger partial charge is 0.491 e. The Bertz CT molecular complexity index is 1080. The first kappa shape index (κ1) is 16.8. The maximum Gasteiger partial charge on any atom is 0.491 e. The Morgan fingerprint density at radius 1 is 1.04 bits per heavy atom. The van der Waals surface area contributed by atoms with Crippen molar-refractivity contribution in [2.75, 3.05) is 0 Å². The molecule has 4 rings (SSSR count). The van der Waals surface area contributed by atoms with E-state index in [1.54, 1.807) is 54.6 Å². The highest BCUT2D eigenvalue weighted by Crippen LogP contribution is 2.28. The lowest BCUT2D eigenvalue weighted by Crippen LogP contribution is -2.28. The molecule has 0 unspecified atom stereocenters. The van der Waals surface area contributed by atoms with Crippen LogP contribution in [0.15, 0.2) is 60.7 Å². The SMILES string of the molecule is O=C(Oc1cc(-c2ccccc2)nn1-c1nc2ccccc2[nH]1)C(F)(F)F. The molecule has 0 aliphatic heterocycles. The molecule has 0 saturated heterocycles. The smallest absolute Gasteiger partial charge is 0.401 e. The Morgan fingerprint density at radius 2 is 1.74 bits per heavy atom. The molecule has 1 N–H and O–H groups in total. The second kappa shape index (κ2) is 6.27. The van der Waals surface area contributed by atoms with Gasteiger partial charge in [0.05, 0.1) is 16.7 Å². The van der Waals surface area contributed by atoms with E-state index in [4.69, 9.17) is 0 Å². The fourth-order valence-electron chi connectivity index (χ4n) is 2.53. The number of esters is 1. The maximum absolute atomic E-state index is 12.6. The van der Waals surface area contributed by atoms with E-state index >= 15 is 0 Å². The molecule has 27 heavy (non-hydrogen) atoms. The number of halogens is 3. The first-order valence-electron chi connectivity index (χ1n) is 7.81. The summed E-state index contributed by atoms with van der Waals surface area (Å²) in [7, 11) is 0. The number of para-hydroxylation sites is 2. The highest BCUT2D eigenvalue weighted by Gasteiger charge is 2.42. The number of H-pyrrole nitrogens is 1. The predicted octanol–water partition coefficient (Wildman–Crippen LogP) is 3.88. The van der Waals surface area contributed by atoms with Crippen molar-refractivity contribution in [2.24, 2.45) is 0 Å². The van der Waals surface area contributed by atoms with Gasteiger partial charge in [0.1, 0.15) is 0 Å². The number of carbonyl (C=O) groups is 1. The zero-order valence-corrected chi connectivity index (χ0v) is 13.6. The number of ether oxygens (including phenoxy) is 1.